The van der Waals surface area contributed by atoms with E-state index in [4.69, 9.17) is 5.73 Å². The Morgan fingerprint density at radius 2 is 1.82 bits per heavy atom. The number of hydrogen-bond donors (Lipinski definition) is 3. The number of primary amides is 1. The number of amides is 3. The minimum atomic E-state index is -0.717. The van der Waals surface area contributed by atoms with E-state index in [1.807, 2.05) is 30.3 Å². The molecule has 1 aliphatic rings. The Kier molecular flexibility index (Phi) is 3.55. The second-order valence-electron chi connectivity index (χ2n) is 5.43. The van der Waals surface area contributed by atoms with Crippen molar-refractivity contribution in [2.24, 2.45) is 5.73 Å². The van der Waals surface area contributed by atoms with Crippen LogP contribution in [0.15, 0.2) is 42.5 Å². The third-order valence-corrected chi connectivity index (χ3v) is 3.82. The van der Waals surface area contributed by atoms with Gasteiger partial charge in [-0.2, -0.15) is 0 Å². The molecule has 0 bridgehead atoms. The molecule has 0 fully saturated rings. The molecule has 1 atom stereocenters. The van der Waals surface area contributed by atoms with Crippen LogP contribution in [0.1, 0.15) is 18.1 Å². The number of nitrogens with one attached hydrogen (secondary N) is 2. The SMILES string of the molecule is C[C@H](NC(N)=O)C(=O)Nc1ccc2c(c1)-c1ccccc1C2. The number of fused-ring (bicyclic) bond motifs is 3. The molecule has 3 rings (SSSR count). The molecule has 5 heteroatoms. The van der Waals surface area contributed by atoms with Gasteiger partial charge in [0.2, 0.25) is 5.91 Å². The molecule has 112 valence electrons. The Bertz CT molecular complexity index is 755. The predicted molar refractivity (Wildman–Crippen MR) is 85.5 cm³/mol. The summed E-state index contributed by atoms with van der Waals surface area (Å²) in [7, 11) is 0. The van der Waals surface area contributed by atoms with Crippen LogP contribution in [0.2, 0.25) is 0 Å². The molecule has 0 unspecified atom stereocenters. The Morgan fingerprint density at radius 1 is 1.09 bits per heavy atom. The minimum absolute atomic E-state index is 0.301. The van der Waals surface area contributed by atoms with E-state index < -0.39 is 12.1 Å². The normalized spacial score (nSPS) is 13.0. The standard InChI is InChI=1S/C17H17N3O2/c1-10(19-17(18)22)16(21)20-13-7-6-12-8-11-4-2-3-5-14(11)15(12)9-13/h2-7,9-10H,8H2,1H3,(H,20,21)(H3,18,19,22)/t10-/m0/s1. The molecule has 2 aromatic rings. The van der Waals surface area contributed by atoms with Crippen LogP contribution in [0.4, 0.5) is 10.5 Å². The zero-order valence-electron chi connectivity index (χ0n) is 12.2. The maximum Gasteiger partial charge on any atom is 0.312 e. The van der Waals surface area contributed by atoms with Gasteiger partial charge in [-0.15, -0.1) is 0 Å². The summed E-state index contributed by atoms with van der Waals surface area (Å²) in [5.41, 5.74) is 10.6. The van der Waals surface area contributed by atoms with Crippen LogP contribution in [-0.4, -0.2) is 18.0 Å². The van der Waals surface area contributed by atoms with Crippen molar-refractivity contribution in [2.75, 3.05) is 5.32 Å². The van der Waals surface area contributed by atoms with E-state index in [0.717, 1.165) is 12.0 Å². The highest BCUT2D eigenvalue weighted by atomic mass is 16.2. The fraction of sp³-hybridized carbons (Fsp3) is 0.176. The van der Waals surface area contributed by atoms with Crippen LogP contribution < -0.4 is 16.4 Å². The van der Waals surface area contributed by atoms with Gasteiger partial charge < -0.3 is 16.4 Å². The number of benzene rings is 2. The first-order valence-electron chi connectivity index (χ1n) is 7.12. The fourth-order valence-electron chi connectivity index (χ4n) is 2.73. The van der Waals surface area contributed by atoms with Gasteiger partial charge in [-0.3, -0.25) is 4.79 Å². The van der Waals surface area contributed by atoms with Gasteiger partial charge in [0.25, 0.3) is 0 Å². The average molecular weight is 295 g/mol. The quantitative estimate of drug-likeness (QED) is 0.692. The third-order valence-electron chi connectivity index (χ3n) is 3.82. The largest absolute Gasteiger partial charge is 0.352 e. The van der Waals surface area contributed by atoms with Crippen molar-refractivity contribution in [3.05, 3.63) is 53.6 Å². The summed E-state index contributed by atoms with van der Waals surface area (Å²) in [5.74, 6) is -0.301. The number of carbonyl (C=O) groups is 2. The first-order chi connectivity index (χ1) is 10.5. The molecule has 0 radical (unpaired) electrons. The van der Waals surface area contributed by atoms with Crippen molar-refractivity contribution in [2.45, 2.75) is 19.4 Å². The molecule has 5 nitrogen and oxygen atoms in total. The molecule has 1 aliphatic carbocycles. The maximum absolute atomic E-state index is 12.0. The number of anilines is 1. The zero-order chi connectivity index (χ0) is 15.7. The van der Waals surface area contributed by atoms with Crippen LogP contribution in [0, 0.1) is 0 Å². The van der Waals surface area contributed by atoms with E-state index in [1.165, 1.54) is 16.7 Å². The van der Waals surface area contributed by atoms with E-state index in [2.05, 4.69) is 22.8 Å². The lowest BCUT2D eigenvalue weighted by Crippen LogP contribution is -2.44. The third kappa shape index (κ3) is 2.65. The van der Waals surface area contributed by atoms with Crippen LogP contribution >= 0.6 is 0 Å². The van der Waals surface area contributed by atoms with Gasteiger partial charge in [0.1, 0.15) is 6.04 Å². The van der Waals surface area contributed by atoms with Crippen molar-refractivity contribution in [1.29, 1.82) is 0 Å². The highest BCUT2D eigenvalue weighted by Gasteiger charge is 2.19. The molecule has 0 saturated heterocycles. The summed E-state index contributed by atoms with van der Waals surface area (Å²) in [4.78, 5) is 22.8. The van der Waals surface area contributed by atoms with Crippen molar-refractivity contribution in [1.82, 2.24) is 5.32 Å². The van der Waals surface area contributed by atoms with Crippen molar-refractivity contribution < 1.29 is 9.59 Å². The van der Waals surface area contributed by atoms with E-state index >= 15 is 0 Å². The number of rotatable bonds is 3. The van der Waals surface area contributed by atoms with Gasteiger partial charge in [0.15, 0.2) is 0 Å². The van der Waals surface area contributed by atoms with Gasteiger partial charge in [0.05, 0.1) is 0 Å². The van der Waals surface area contributed by atoms with E-state index in [0.29, 0.717) is 5.69 Å². The van der Waals surface area contributed by atoms with Gasteiger partial charge >= 0.3 is 6.03 Å². The minimum Gasteiger partial charge on any atom is -0.352 e. The molecule has 4 N–H and O–H groups in total. The number of hydrogen-bond acceptors (Lipinski definition) is 2. The predicted octanol–water partition coefficient (Wildman–Crippen LogP) is 2.25. The molecule has 0 spiro atoms. The monoisotopic (exact) mass is 295 g/mol. The van der Waals surface area contributed by atoms with Crippen LogP contribution in [-0.2, 0) is 11.2 Å². The molecular formula is C17H17N3O2. The highest BCUT2D eigenvalue weighted by Crippen LogP contribution is 2.37. The highest BCUT2D eigenvalue weighted by molar-refractivity contribution is 5.97. The molecule has 0 heterocycles. The molecule has 0 aliphatic heterocycles. The molecule has 3 amide bonds. The average Bonchev–Trinajstić information content (AvgIpc) is 2.84. The molecule has 0 aromatic heterocycles. The van der Waals surface area contributed by atoms with Gasteiger partial charge in [0, 0.05) is 5.69 Å². The lowest BCUT2D eigenvalue weighted by Gasteiger charge is -2.13. The summed E-state index contributed by atoms with van der Waals surface area (Å²) in [6, 6.07) is 12.7. The van der Waals surface area contributed by atoms with E-state index in [9.17, 15) is 9.59 Å². The molecular weight excluding hydrogens is 278 g/mol. The van der Waals surface area contributed by atoms with Gasteiger partial charge in [-0.05, 0) is 47.7 Å². The van der Waals surface area contributed by atoms with Crippen molar-refractivity contribution in [3.63, 3.8) is 0 Å². The smallest absolute Gasteiger partial charge is 0.312 e. The number of carbonyl (C=O) groups excluding carboxylic acids is 2. The lowest BCUT2D eigenvalue weighted by molar-refractivity contribution is -0.117. The fourth-order valence-corrected chi connectivity index (χ4v) is 2.73. The summed E-state index contributed by atoms with van der Waals surface area (Å²) in [6.07, 6.45) is 0.916. The molecule has 22 heavy (non-hydrogen) atoms. The summed E-state index contributed by atoms with van der Waals surface area (Å²) in [6.45, 7) is 1.59. The lowest BCUT2D eigenvalue weighted by atomic mass is 10.1. The van der Waals surface area contributed by atoms with Crippen molar-refractivity contribution >= 4 is 17.6 Å². The first-order valence-corrected chi connectivity index (χ1v) is 7.12. The Balaban J connectivity index is 1.81. The van der Waals surface area contributed by atoms with Gasteiger partial charge in [-0.1, -0.05) is 30.3 Å². The van der Waals surface area contributed by atoms with E-state index in [1.54, 1.807) is 6.92 Å². The Labute approximate surface area is 128 Å². The van der Waals surface area contributed by atoms with Crippen molar-refractivity contribution in [3.8, 4) is 11.1 Å². The molecule has 2 aromatic carbocycles. The summed E-state index contributed by atoms with van der Waals surface area (Å²) < 4.78 is 0. The first kappa shape index (κ1) is 14.1. The number of urea groups is 1. The molecule has 0 saturated carbocycles. The Hall–Kier alpha value is -2.82. The second-order valence-corrected chi connectivity index (χ2v) is 5.43. The van der Waals surface area contributed by atoms with Gasteiger partial charge in [-0.25, -0.2) is 4.79 Å². The van der Waals surface area contributed by atoms with E-state index in [-0.39, 0.29) is 5.91 Å². The summed E-state index contributed by atoms with van der Waals surface area (Å²) in [5, 5.41) is 5.16. The summed E-state index contributed by atoms with van der Waals surface area (Å²) >= 11 is 0. The van der Waals surface area contributed by atoms with Crippen LogP contribution in [0.25, 0.3) is 11.1 Å². The van der Waals surface area contributed by atoms with Crippen LogP contribution in [0.5, 0.6) is 0 Å². The van der Waals surface area contributed by atoms with Crippen LogP contribution in [0.3, 0.4) is 0 Å². The Morgan fingerprint density at radius 3 is 2.59 bits per heavy atom. The second kappa shape index (κ2) is 5.52. The number of nitrogens with two attached hydrogens (primary N) is 1. The zero-order valence-corrected chi connectivity index (χ0v) is 12.2. The topological polar surface area (TPSA) is 84.2 Å². The maximum atomic E-state index is 12.0.